The summed E-state index contributed by atoms with van der Waals surface area (Å²) >= 11 is 0. The molecule has 0 heterocycles. The minimum Gasteiger partial charge on any atom is -0.468 e. The minimum atomic E-state index is -0.407. The van der Waals surface area contributed by atoms with Crippen molar-refractivity contribution >= 4 is 11.9 Å². The van der Waals surface area contributed by atoms with E-state index < -0.39 is 11.9 Å². The maximum Gasteiger partial charge on any atom is 0.319 e. The molecule has 0 spiro atoms. The van der Waals surface area contributed by atoms with Gasteiger partial charge in [-0.05, 0) is 0 Å². The maximum absolute atomic E-state index is 11.0. The summed E-state index contributed by atoms with van der Waals surface area (Å²) < 4.78 is 8.98. The first-order valence-corrected chi connectivity index (χ1v) is 4.43. The van der Waals surface area contributed by atoms with Gasteiger partial charge >= 0.3 is 11.9 Å². The zero-order chi connectivity index (χ0) is 11.7. The van der Waals surface area contributed by atoms with E-state index in [0.717, 1.165) is 0 Å². The van der Waals surface area contributed by atoms with Crippen molar-refractivity contribution in [3.8, 4) is 12.3 Å². The Hall–Kier alpha value is -1.54. The molecule has 0 aliphatic heterocycles. The van der Waals surface area contributed by atoms with E-state index in [4.69, 9.17) is 6.42 Å². The van der Waals surface area contributed by atoms with Crippen LogP contribution < -0.4 is 0 Å². The Bertz CT molecular complexity index is 239. The van der Waals surface area contributed by atoms with Crippen molar-refractivity contribution in [2.75, 3.05) is 33.9 Å². The minimum absolute atomic E-state index is 0.0350. The average molecular weight is 213 g/mol. The Balaban J connectivity index is 4.12. The molecule has 0 amide bonds. The molecule has 0 rings (SSSR count). The van der Waals surface area contributed by atoms with Crippen LogP contribution in [-0.2, 0) is 19.1 Å². The summed E-state index contributed by atoms with van der Waals surface area (Å²) in [5.41, 5.74) is 0. The Morgan fingerprint density at radius 1 is 1.20 bits per heavy atom. The molecule has 5 nitrogen and oxygen atoms in total. The first-order chi connectivity index (χ1) is 7.13. The van der Waals surface area contributed by atoms with Crippen LogP contribution in [-0.4, -0.2) is 50.7 Å². The number of hydrogen-bond acceptors (Lipinski definition) is 5. The molecular weight excluding hydrogens is 198 g/mol. The molecule has 0 aromatic carbocycles. The highest BCUT2D eigenvalue weighted by Crippen LogP contribution is 1.93. The number of terminal acetylenes is 1. The van der Waals surface area contributed by atoms with Crippen LogP contribution in [0.2, 0.25) is 0 Å². The zero-order valence-corrected chi connectivity index (χ0v) is 8.99. The van der Waals surface area contributed by atoms with Gasteiger partial charge in [-0.2, -0.15) is 0 Å². The molecule has 0 saturated carbocycles. The van der Waals surface area contributed by atoms with E-state index in [2.05, 4.69) is 15.4 Å². The molecule has 0 saturated heterocycles. The van der Waals surface area contributed by atoms with Gasteiger partial charge in [-0.15, -0.1) is 12.3 Å². The highest BCUT2D eigenvalue weighted by atomic mass is 16.5. The van der Waals surface area contributed by atoms with E-state index in [9.17, 15) is 9.59 Å². The van der Waals surface area contributed by atoms with E-state index in [-0.39, 0.29) is 13.1 Å². The predicted octanol–water partition coefficient (Wildman–Crippen LogP) is -0.342. The van der Waals surface area contributed by atoms with Crippen LogP contribution in [0.4, 0.5) is 0 Å². The molecule has 0 fully saturated rings. The van der Waals surface area contributed by atoms with Crippen LogP contribution in [0.3, 0.4) is 0 Å². The molecule has 0 bridgehead atoms. The highest BCUT2D eigenvalue weighted by molar-refractivity contribution is 5.74. The zero-order valence-electron chi connectivity index (χ0n) is 8.99. The third kappa shape index (κ3) is 6.52. The first kappa shape index (κ1) is 13.5. The first-order valence-electron chi connectivity index (χ1n) is 4.43. The Morgan fingerprint density at radius 3 is 2.00 bits per heavy atom. The lowest BCUT2D eigenvalue weighted by molar-refractivity contribution is -0.145. The number of esters is 2. The molecule has 15 heavy (non-hydrogen) atoms. The maximum atomic E-state index is 11.0. The number of ether oxygens (including phenoxy) is 2. The van der Waals surface area contributed by atoms with Crippen molar-refractivity contribution in [2.24, 2.45) is 0 Å². The van der Waals surface area contributed by atoms with Crippen LogP contribution in [0.1, 0.15) is 6.42 Å². The third-order valence-electron chi connectivity index (χ3n) is 1.73. The average Bonchev–Trinajstić information content (AvgIpc) is 2.25. The second kappa shape index (κ2) is 7.83. The molecule has 0 N–H and O–H groups in total. The fourth-order valence-electron chi connectivity index (χ4n) is 0.931. The van der Waals surface area contributed by atoms with E-state index >= 15 is 0 Å². The SMILES string of the molecule is C#CCCN(CC(=O)OC)CC(=O)OC. The van der Waals surface area contributed by atoms with Gasteiger partial charge in [-0.25, -0.2) is 0 Å². The second-order valence-corrected chi connectivity index (χ2v) is 2.82. The van der Waals surface area contributed by atoms with Crippen molar-refractivity contribution < 1.29 is 19.1 Å². The van der Waals surface area contributed by atoms with Gasteiger partial charge in [0, 0.05) is 13.0 Å². The number of methoxy groups -OCH3 is 2. The number of nitrogens with zero attached hydrogens (tertiary/aromatic N) is 1. The summed E-state index contributed by atoms with van der Waals surface area (Å²) in [6, 6.07) is 0. The van der Waals surface area contributed by atoms with Crippen LogP contribution in [0.25, 0.3) is 0 Å². The summed E-state index contributed by atoms with van der Waals surface area (Å²) in [5.74, 6) is 1.62. The second-order valence-electron chi connectivity index (χ2n) is 2.82. The van der Waals surface area contributed by atoms with Gasteiger partial charge in [0.2, 0.25) is 0 Å². The van der Waals surface area contributed by atoms with E-state index in [1.54, 1.807) is 4.90 Å². The van der Waals surface area contributed by atoms with Crippen molar-refractivity contribution in [1.29, 1.82) is 0 Å². The molecule has 0 unspecified atom stereocenters. The van der Waals surface area contributed by atoms with Gasteiger partial charge in [0.05, 0.1) is 27.3 Å². The number of carbonyl (C=O) groups excluding carboxylic acids is 2. The van der Waals surface area contributed by atoms with E-state index in [0.29, 0.717) is 13.0 Å². The number of hydrogen-bond donors (Lipinski definition) is 0. The summed E-state index contributed by atoms with van der Waals surface area (Å²) in [6.45, 7) is 0.529. The molecule has 0 atom stereocenters. The Labute approximate surface area is 89.3 Å². The predicted molar refractivity (Wildman–Crippen MR) is 53.9 cm³/mol. The summed E-state index contributed by atoms with van der Waals surface area (Å²) in [6.07, 6.45) is 5.56. The van der Waals surface area contributed by atoms with Crippen LogP contribution in [0.15, 0.2) is 0 Å². The van der Waals surface area contributed by atoms with Crippen LogP contribution in [0, 0.1) is 12.3 Å². The number of carbonyl (C=O) groups is 2. The molecule has 84 valence electrons. The molecule has 0 aliphatic rings. The fourth-order valence-corrected chi connectivity index (χ4v) is 0.931. The van der Waals surface area contributed by atoms with Crippen LogP contribution >= 0.6 is 0 Å². The number of rotatable bonds is 6. The van der Waals surface area contributed by atoms with Crippen molar-refractivity contribution in [2.45, 2.75) is 6.42 Å². The molecule has 0 aromatic heterocycles. The van der Waals surface area contributed by atoms with Crippen molar-refractivity contribution in [3.05, 3.63) is 0 Å². The topological polar surface area (TPSA) is 55.8 Å². The van der Waals surface area contributed by atoms with Gasteiger partial charge in [0.1, 0.15) is 0 Å². The van der Waals surface area contributed by atoms with Gasteiger partial charge in [0.15, 0.2) is 0 Å². The van der Waals surface area contributed by atoms with Gasteiger partial charge in [0.25, 0.3) is 0 Å². The van der Waals surface area contributed by atoms with Crippen molar-refractivity contribution in [1.82, 2.24) is 4.90 Å². The lowest BCUT2D eigenvalue weighted by Gasteiger charge is -2.17. The van der Waals surface area contributed by atoms with E-state index in [1.165, 1.54) is 14.2 Å². The molecule has 5 heteroatoms. The summed E-state index contributed by atoms with van der Waals surface area (Å²) in [7, 11) is 2.58. The normalized spacial score (nSPS) is 9.47. The monoisotopic (exact) mass is 213 g/mol. The smallest absolute Gasteiger partial charge is 0.319 e. The lowest BCUT2D eigenvalue weighted by Crippen LogP contribution is -2.36. The Morgan fingerprint density at radius 2 is 1.67 bits per heavy atom. The van der Waals surface area contributed by atoms with Gasteiger partial charge in [-0.1, -0.05) is 0 Å². The summed E-state index contributed by atoms with van der Waals surface area (Å²) in [5, 5.41) is 0. The quantitative estimate of drug-likeness (QED) is 0.446. The molecule has 0 aromatic rings. The lowest BCUT2D eigenvalue weighted by atomic mass is 10.3. The fraction of sp³-hybridized carbons (Fsp3) is 0.600. The van der Waals surface area contributed by atoms with Gasteiger partial charge < -0.3 is 9.47 Å². The largest absolute Gasteiger partial charge is 0.468 e. The van der Waals surface area contributed by atoms with Crippen molar-refractivity contribution in [3.63, 3.8) is 0 Å². The molecular formula is C10H15NO4. The van der Waals surface area contributed by atoms with E-state index in [1.807, 2.05) is 0 Å². The molecule has 0 radical (unpaired) electrons. The standard InChI is InChI=1S/C10H15NO4/c1-4-5-6-11(7-9(12)14-2)8-10(13)15-3/h1H,5-8H2,2-3H3. The highest BCUT2D eigenvalue weighted by Gasteiger charge is 2.14. The summed E-state index contributed by atoms with van der Waals surface area (Å²) in [4.78, 5) is 23.6. The third-order valence-corrected chi connectivity index (χ3v) is 1.73. The Kier molecular flexibility index (Phi) is 7.02. The van der Waals surface area contributed by atoms with Crippen LogP contribution in [0.5, 0.6) is 0 Å². The molecule has 0 aliphatic carbocycles. The van der Waals surface area contributed by atoms with Gasteiger partial charge in [-0.3, -0.25) is 14.5 Å².